The van der Waals surface area contributed by atoms with Gasteiger partial charge in [-0.25, -0.2) is 4.98 Å². The average molecular weight is 319 g/mol. The Labute approximate surface area is 131 Å². The second kappa shape index (κ2) is 5.88. The topological polar surface area (TPSA) is 105 Å². The number of nitrogens with two attached hydrogens (primary N) is 1. The summed E-state index contributed by atoms with van der Waals surface area (Å²) in [7, 11) is 0. The van der Waals surface area contributed by atoms with E-state index >= 15 is 0 Å². The minimum Gasteiger partial charge on any atom is -0.364 e. The number of carbonyl (C=O) groups is 2. The zero-order valence-corrected chi connectivity index (χ0v) is 13.0. The fourth-order valence-corrected chi connectivity index (χ4v) is 3.33. The van der Waals surface area contributed by atoms with Crippen LogP contribution in [0.2, 0.25) is 0 Å². The van der Waals surface area contributed by atoms with Gasteiger partial charge >= 0.3 is 0 Å². The van der Waals surface area contributed by atoms with Crippen molar-refractivity contribution >= 4 is 23.2 Å². The van der Waals surface area contributed by atoms with E-state index in [4.69, 9.17) is 5.73 Å². The van der Waals surface area contributed by atoms with Crippen LogP contribution in [0.25, 0.3) is 0 Å². The maximum atomic E-state index is 12.7. The van der Waals surface area contributed by atoms with Crippen molar-refractivity contribution in [1.82, 2.24) is 20.1 Å². The molecule has 1 aliphatic heterocycles. The fourth-order valence-electron chi connectivity index (χ4n) is 2.74. The Bertz CT molecular complexity index is 708. The van der Waals surface area contributed by atoms with E-state index in [-0.39, 0.29) is 17.6 Å². The van der Waals surface area contributed by atoms with E-state index in [0.717, 1.165) is 30.0 Å². The van der Waals surface area contributed by atoms with Gasteiger partial charge in [-0.15, -0.1) is 11.3 Å². The summed E-state index contributed by atoms with van der Waals surface area (Å²) in [5, 5.41) is 9.40. The summed E-state index contributed by atoms with van der Waals surface area (Å²) in [6.07, 6.45) is 2.81. The Kier molecular flexibility index (Phi) is 3.93. The first-order chi connectivity index (χ1) is 10.6. The van der Waals surface area contributed by atoms with Gasteiger partial charge in [0.05, 0.1) is 16.7 Å². The predicted octanol–water partition coefficient (Wildman–Crippen LogP) is 1.64. The van der Waals surface area contributed by atoms with Gasteiger partial charge in [0, 0.05) is 11.9 Å². The van der Waals surface area contributed by atoms with E-state index in [1.54, 1.807) is 16.3 Å². The molecule has 116 valence electrons. The molecule has 1 saturated heterocycles. The van der Waals surface area contributed by atoms with Crippen molar-refractivity contribution in [1.29, 1.82) is 0 Å². The van der Waals surface area contributed by atoms with Crippen LogP contribution in [0.3, 0.4) is 0 Å². The molecule has 3 heterocycles. The van der Waals surface area contributed by atoms with Crippen LogP contribution >= 0.6 is 11.3 Å². The molecule has 2 aromatic heterocycles. The third-order valence-electron chi connectivity index (χ3n) is 3.81. The van der Waals surface area contributed by atoms with Crippen LogP contribution in [0.15, 0.2) is 11.4 Å². The highest BCUT2D eigenvalue weighted by atomic mass is 32.1. The van der Waals surface area contributed by atoms with Gasteiger partial charge in [-0.05, 0) is 32.3 Å². The highest BCUT2D eigenvalue weighted by Gasteiger charge is 2.31. The number of likely N-dealkylation sites (tertiary alicyclic amines) is 1. The number of hydrogen-bond donors (Lipinski definition) is 2. The Hall–Kier alpha value is -2.22. The Morgan fingerprint density at radius 1 is 1.41 bits per heavy atom. The van der Waals surface area contributed by atoms with Crippen LogP contribution in [-0.4, -0.2) is 38.4 Å². The van der Waals surface area contributed by atoms with Gasteiger partial charge < -0.3 is 10.6 Å². The molecule has 8 heteroatoms. The van der Waals surface area contributed by atoms with Crippen LogP contribution in [0.1, 0.15) is 57.0 Å². The quantitative estimate of drug-likeness (QED) is 0.897. The zero-order valence-electron chi connectivity index (χ0n) is 12.2. The van der Waals surface area contributed by atoms with E-state index in [2.05, 4.69) is 15.2 Å². The minimum atomic E-state index is -0.577. The molecule has 22 heavy (non-hydrogen) atoms. The zero-order chi connectivity index (χ0) is 15.7. The summed E-state index contributed by atoms with van der Waals surface area (Å²) < 4.78 is 0. The maximum absolute atomic E-state index is 12.7. The molecule has 2 aromatic rings. The van der Waals surface area contributed by atoms with E-state index in [9.17, 15) is 9.59 Å². The van der Waals surface area contributed by atoms with Gasteiger partial charge in [0.2, 0.25) is 0 Å². The lowest BCUT2D eigenvalue weighted by Crippen LogP contribution is -2.38. The number of rotatable bonds is 3. The summed E-state index contributed by atoms with van der Waals surface area (Å²) >= 11 is 1.46. The molecule has 7 nitrogen and oxygen atoms in total. The number of aromatic nitrogens is 3. The molecule has 1 fully saturated rings. The first kappa shape index (κ1) is 14.7. The van der Waals surface area contributed by atoms with Gasteiger partial charge in [0.25, 0.3) is 11.8 Å². The number of piperidine rings is 1. The maximum Gasteiger partial charge on any atom is 0.273 e. The average Bonchev–Trinajstić information content (AvgIpc) is 3.15. The molecule has 1 unspecified atom stereocenters. The number of H-pyrrole nitrogens is 1. The smallest absolute Gasteiger partial charge is 0.273 e. The van der Waals surface area contributed by atoms with E-state index in [1.807, 2.05) is 6.92 Å². The van der Waals surface area contributed by atoms with E-state index in [0.29, 0.717) is 12.2 Å². The molecule has 3 rings (SSSR count). The summed E-state index contributed by atoms with van der Waals surface area (Å²) in [4.78, 5) is 29.9. The van der Waals surface area contributed by atoms with Crippen LogP contribution in [-0.2, 0) is 0 Å². The van der Waals surface area contributed by atoms with Crippen molar-refractivity contribution in [2.45, 2.75) is 32.2 Å². The number of amides is 2. The van der Waals surface area contributed by atoms with Crippen molar-refractivity contribution in [2.24, 2.45) is 5.73 Å². The standard InChI is InChI=1S/C14H17N5O2S/c1-8-16-11(7-22-8)14(21)19-5-3-2-4-12(19)9-6-10(13(15)20)18-17-9/h6-7,12H,2-5H2,1H3,(H2,15,20)(H,17,18). The van der Waals surface area contributed by atoms with Crippen LogP contribution < -0.4 is 5.73 Å². The van der Waals surface area contributed by atoms with Gasteiger partial charge in [-0.3, -0.25) is 14.7 Å². The fraction of sp³-hybridized carbons (Fsp3) is 0.429. The highest BCUT2D eigenvalue weighted by molar-refractivity contribution is 7.09. The lowest BCUT2D eigenvalue weighted by atomic mass is 9.98. The summed E-state index contributed by atoms with van der Waals surface area (Å²) in [6, 6.07) is 1.51. The largest absolute Gasteiger partial charge is 0.364 e. The minimum absolute atomic E-state index is 0.0794. The predicted molar refractivity (Wildman–Crippen MR) is 81.6 cm³/mol. The first-order valence-electron chi connectivity index (χ1n) is 7.14. The highest BCUT2D eigenvalue weighted by Crippen LogP contribution is 2.31. The van der Waals surface area contributed by atoms with Crippen LogP contribution in [0.4, 0.5) is 0 Å². The molecule has 2 amide bonds. The number of nitrogens with one attached hydrogen (secondary N) is 1. The number of aryl methyl sites for hydroxylation is 1. The molecular weight excluding hydrogens is 302 g/mol. The molecule has 0 bridgehead atoms. The second-order valence-corrected chi connectivity index (χ2v) is 6.40. The summed E-state index contributed by atoms with van der Waals surface area (Å²) in [5.74, 6) is -0.657. The van der Waals surface area contributed by atoms with E-state index < -0.39 is 5.91 Å². The lowest BCUT2D eigenvalue weighted by Gasteiger charge is -2.34. The van der Waals surface area contributed by atoms with Crippen molar-refractivity contribution in [3.05, 3.63) is 33.5 Å². The molecule has 0 saturated carbocycles. The molecule has 1 atom stereocenters. The number of aromatic amines is 1. The Morgan fingerprint density at radius 2 is 2.23 bits per heavy atom. The normalized spacial score (nSPS) is 18.4. The van der Waals surface area contributed by atoms with Crippen LogP contribution in [0, 0.1) is 6.92 Å². The van der Waals surface area contributed by atoms with Gasteiger partial charge in [0.1, 0.15) is 11.4 Å². The number of thiazole rings is 1. The Morgan fingerprint density at radius 3 is 2.86 bits per heavy atom. The van der Waals surface area contributed by atoms with Gasteiger partial charge in [-0.1, -0.05) is 0 Å². The SMILES string of the molecule is Cc1nc(C(=O)N2CCCCC2c2cc(C(N)=O)n[nH]2)cs1. The lowest BCUT2D eigenvalue weighted by molar-refractivity contribution is 0.0600. The molecule has 0 aliphatic carbocycles. The molecular formula is C14H17N5O2S. The second-order valence-electron chi connectivity index (χ2n) is 5.33. The Balaban J connectivity index is 1.87. The van der Waals surface area contributed by atoms with Gasteiger partial charge in [-0.2, -0.15) is 5.10 Å². The van der Waals surface area contributed by atoms with E-state index in [1.165, 1.54) is 11.3 Å². The van der Waals surface area contributed by atoms with Crippen molar-refractivity contribution in [3.8, 4) is 0 Å². The summed E-state index contributed by atoms with van der Waals surface area (Å²) in [5.41, 5.74) is 6.65. The van der Waals surface area contributed by atoms with Gasteiger partial charge in [0.15, 0.2) is 0 Å². The third kappa shape index (κ3) is 2.74. The number of carbonyl (C=O) groups excluding carboxylic acids is 2. The number of nitrogens with zero attached hydrogens (tertiary/aromatic N) is 3. The van der Waals surface area contributed by atoms with Crippen LogP contribution in [0.5, 0.6) is 0 Å². The molecule has 0 spiro atoms. The molecule has 0 radical (unpaired) electrons. The first-order valence-corrected chi connectivity index (χ1v) is 8.02. The molecule has 3 N–H and O–H groups in total. The van der Waals surface area contributed by atoms with Crippen molar-refractivity contribution in [3.63, 3.8) is 0 Å². The van der Waals surface area contributed by atoms with Crippen molar-refractivity contribution < 1.29 is 9.59 Å². The summed E-state index contributed by atoms with van der Waals surface area (Å²) in [6.45, 7) is 2.55. The monoisotopic (exact) mass is 319 g/mol. The van der Waals surface area contributed by atoms with Crippen molar-refractivity contribution in [2.75, 3.05) is 6.54 Å². The third-order valence-corrected chi connectivity index (χ3v) is 4.58. The number of hydrogen-bond acceptors (Lipinski definition) is 5. The molecule has 1 aliphatic rings. The number of primary amides is 1. The molecule has 0 aromatic carbocycles.